The molecule has 32 heavy (non-hydrogen) atoms. The maximum atomic E-state index is 13.9. The molecule has 0 fully saturated rings. The number of nitrogens with zero attached hydrogens (tertiary/aromatic N) is 1. The third-order valence-electron chi connectivity index (χ3n) is 5.46. The number of Topliss-reactive ketones (excluding diaryl/α,β-unsaturated/α-hetero) is 1. The highest BCUT2D eigenvalue weighted by atomic mass is 32.2. The van der Waals surface area contributed by atoms with Gasteiger partial charge in [0, 0.05) is 24.9 Å². The summed E-state index contributed by atoms with van der Waals surface area (Å²) >= 11 is 0. The molecule has 0 amide bonds. The lowest BCUT2D eigenvalue weighted by Crippen LogP contribution is -2.35. The van der Waals surface area contributed by atoms with Gasteiger partial charge in [-0.25, -0.2) is 21.6 Å². The first-order chi connectivity index (χ1) is 15.3. The zero-order valence-electron chi connectivity index (χ0n) is 17.0. The Labute approximate surface area is 184 Å². The molecule has 0 aromatic heterocycles. The van der Waals surface area contributed by atoms with Crippen LogP contribution in [0.3, 0.4) is 0 Å². The summed E-state index contributed by atoms with van der Waals surface area (Å²) in [6.45, 7) is 0.255. The van der Waals surface area contributed by atoms with E-state index in [-0.39, 0.29) is 23.4 Å². The van der Waals surface area contributed by atoms with E-state index in [1.165, 1.54) is 22.5 Å². The third-order valence-corrected chi connectivity index (χ3v) is 7.29. The van der Waals surface area contributed by atoms with Crippen molar-refractivity contribution in [1.29, 1.82) is 0 Å². The number of halogens is 3. The number of benzene rings is 3. The van der Waals surface area contributed by atoms with Crippen molar-refractivity contribution < 1.29 is 26.4 Å². The lowest BCUT2D eigenvalue weighted by molar-refractivity contribution is -0.117. The molecule has 0 saturated carbocycles. The minimum Gasteiger partial charge on any atom is -0.299 e. The number of rotatable bonds is 6. The molecule has 3 aromatic carbocycles. The Morgan fingerprint density at radius 3 is 2.28 bits per heavy atom. The van der Waals surface area contributed by atoms with Gasteiger partial charge >= 0.3 is 0 Å². The van der Waals surface area contributed by atoms with Crippen molar-refractivity contribution in [3.8, 4) is 0 Å². The second-order valence-electron chi connectivity index (χ2n) is 7.69. The second kappa shape index (κ2) is 8.78. The molecule has 166 valence electrons. The van der Waals surface area contributed by atoms with Crippen molar-refractivity contribution in [2.75, 3.05) is 10.8 Å². The van der Waals surface area contributed by atoms with Crippen molar-refractivity contribution in [1.82, 2.24) is 0 Å². The van der Waals surface area contributed by atoms with E-state index >= 15 is 0 Å². The molecule has 1 aliphatic heterocycles. The van der Waals surface area contributed by atoms with Crippen LogP contribution in [0.2, 0.25) is 0 Å². The predicted octanol–water partition coefficient (Wildman–Crippen LogP) is 4.60. The fourth-order valence-electron chi connectivity index (χ4n) is 3.87. The van der Waals surface area contributed by atoms with E-state index in [0.717, 1.165) is 29.8 Å². The number of hydrogen-bond acceptors (Lipinski definition) is 3. The van der Waals surface area contributed by atoms with Crippen LogP contribution in [0.25, 0.3) is 0 Å². The average molecular weight is 459 g/mol. The molecule has 0 aliphatic carbocycles. The van der Waals surface area contributed by atoms with E-state index in [9.17, 15) is 26.4 Å². The van der Waals surface area contributed by atoms with Gasteiger partial charge in [0.15, 0.2) is 0 Å². The van der Waals surface area contributed by atoms with Crippen molar-refractivity contribution in [3.05, 3.63) is 94.8 Å². The largest absolute Gasteiger partial charge is 0.299 e. The Balaban J connectivity index is 1.60. The third kappa shape index (κ3) is 4.41. The summed E-state index contributed by atoms with van der Waals surface area (Å²) < 4.78 is 68.6. The summed E-state index contributed by atoms with van der Waals surface area (Å²) in [7, 11) is -3.91. The fraction of sp³-hybridized carbons (Fsp3) is 0.208. The van der Waals surface area contributed by atoms with Gasteiger partial charge in [-0.05, 0) is 66.4 Å². The quantitative estimate of drug-likeness (QED) is 0.542. The summed E-state index contributed by atoms with van der Waals surface area (Å²) in [5.74, 6) is -2.48. The molecule has 0 unspecified atom stereocenters. The smallest absolute Gasteiger partial charge is 0.264 e. The highest BCUT2D eigenvalue weighted by Gasteiger charge is 2.29. The number of carbonyl (C=O) groups is 1. The first-order valence-electron chi connectivity index (χ1n) is 10.1. The second-order valence-corrected chi connectivity index (χ2v) is 9.55. The number of aryl methyl sites for hydroxylation is 1. The number of hydrogen-bond donors (Lipinski definition) is 0. The van der Waals surface area contributed by atoms with Crippen LogP contribution in [0.1, 0.15) is 23.1 Å². The van der Waals surface area contributed by atoms with Gasteiger partial charge < -0.3 is 0 Å². The zero-order chi connectivity index (χ0) is 22.9. The fourth-order valence-corrected chi connectivity index (χ4v) is 5.40. The summed E-state index contributed by atoms with van der Waals surface area (Å²) in [5.41, 5.74) is 1.55. The Morgan fingerprint density at radius 2 is 1.59 bits per heavy atom. The van der Waals surface area contributed by atoms with Crippen molar-refractivity contribution in [2.24, 2.45) is 0 Å². The van der Waals surface area contributed by atoms with E-state index in [4.69, 9.17) is 0 Å². The topological polar surface area (TPSA) is 54.5 Å². The number of anilines is 1. The Bertz CT molecular complexity index is 1250. The maximum Gasteiger partial charge on any atom is 0.264 e. The van der Waals surface area contributed by atoms with E-state index in [2.05, 4.69) is 0 Å². The first kappa shape index (κ1) is 22.1. The van der Waals surface area contributed by atoms with Gasteiger partial charge in [0.05, 0.1) is 10.6 Å². The summed E-state index contributed by atoms with van der Waals surface area (Å²) in [5, 5.41) is 0. The van der Waals surface area contributed by atoms with Crippen LogP contribution in [-0.2, 0) is 34.1 Å². The molecule has 1 heterocycles. The van der Waals surface area contributed by atoms with Crippen molar-refractivity contribution in [3.63, 3.8) is 0 Å². The van der Waals surface area contributed by atoms with Crippen LogP contribution in [0.5, 0.6) is 0 Å². The summed E-state index contributed by atoms with van der Waals surface area (Å²) in [6, 6.07) is 13.2. The number of sulfonamides is 1. The monoisotopic (exact) mass is 459 g/mol. The molecule has 1 aliphatic rings. The number of carbonyl (C=O) groups excluding carboxylic acids is 1. The number of ketones is 1. The summed E-state index contributed by atoms with van der Waals surface area (Å²) in [6.07, 6.45) is 0.816. The maximum absolute atomic E-state index is 13.9. The van der Waals surface area contributed by atoms with Gasteiger partial charge in [-0.3, -0.25) is 9.10 Å². The van der Waals surface area contributed by atoms with E-state index < -0.39 is 39.7 Å². The van der Waals surface area contributed by atoms with Crippen LogP contribution in [0.4, 0.5) is 18.9 Å². The van der Waals surface area contributed by atoms with Gasteiger partial charge in [0.1, 0.15) is 23.2 Å². The standard InChI is InChI=1S/C24H20F3NO3S/c25-18-8-10-20(11-9-18)32(30,31)28-12-2-3-17-7-6-16(14-24(17)28)13-19(29)15-21-22(26)4-1-5-23(21)27/h1,4-11,14H,2-3,12-13,15H2. The summed E-state index contributed by atoms with van der Waals surface area (Å²) in [4.78, 5) is 12.5. The normalized spacial score (nSPS) is 13.7. The van der Waals surface area contributed by atoms with Gasteiger partial charge in [-0.2, -0.15) is 0 Å². The van der Waals surface area contributed by atoms with Crippen molar-refractivity contribution >= 4 is 21.5 Å². The molecule has 3 aromatic rings. The molecular formula is C24H20F3NO3S. The highest BCUT2D eigenvalue weighted by Crippen LogP contribution is 2.33. The van der Waals surface area contributed by atoms with Gasteiger partial charge in [-0.1, -0.05) is 18.2 Å². The van der Waals surface area contributed by atoms with Crippen LogP contribution in [0.15, 0.2) is 65.6 Å². The number of fused-ring (bicyclic) bond motifs is 1. The molecule has 0 radical (unpaired) electrons. The molecule has 0 N–H and O–H groups in total. The van der Waals surface area contributed by atoms with Crippen molar-refractivity contribution in [2.45, 2.75) is 30.6 Å². The minimum atomic E-state index is -3.91. The molecule has 4 nitrogen and oxygen atoms in total. The van der Waals surface area contributed by atoms with E-state index in [1.54, 1.807) is 18.2 Å². The van der Waals surface area contributed by atoms with Gasteiger partial charge in [0.25, 0.3) is 10.0 Å². The lowest BCUT2D eigenvalue weighted by atomic mass is 9.97. The molecule has 0 spiro atoms. The van der Waals surface area contributed by atoms with E-state index in [1.807, 2.05) is 0 Å². The Kier molecular flexibility index (Phi) is 6.06. The van der Waals surface area contributed by atoms with Crippen LogP contribution in [-0.4, -0.2) is 20.7 Å². The lowest BCUT2D eigenvalue weighted by Gasteiger charge is -2.31. The molecule has 0 bridgehead atoms. The van der Waals surface area contributed by atoms with Gasteiger partial charge in [0.2, 0.25) is 0 Å². The predicted molar refractivity (Wildman–Crippen MR) is 114 cm³/mol. The van der Waals surface area contributed by atoms with E-state index in [0.29, 0.717) is 24.1 Å². The zero-order valence-corrected chi connectivity index (χ0v) is 17.8. The SMILES string of the molecule is O=C(Cc1ccc2c(c1)N(S(=O)(=O)c1ccc(F)cc1)CCC2)Cc1c(F)cccc1F. The molecule has 0 atom stereocenters. The average Bonchev–Trinajstić information content (AvgIpc) is 2.76. The van der Waals surface area contributed by atoms with Crippen LogP contribution >= 0.6 is 0 Å². The molecule has 8 heteroatoms. The molecular weight excluding hydrogens is 439 g/mol. The highest BCUT2D eigenvalue weighted by molar-refractivity contribution is 7.92. The van der Waals surface area contributed by atoms with Gasteiger partial charge in [-0.15, -0.1) is 0 Å². The first-order valence-corrected chi connectivity index (χ1v) is 11.5. The van der Waals surface area contributed by atoms with Crippen LogP contribution < -0.4 is 4.31 Å². The Morgan fingerprint density at radius 1 is 0.906 bits per heavy atom. The van der Waals surface area contributed by atoms with Crippen LogP contribution in [0, 0.1) is 17.5 Å². The minimum absolute atomic E-state index is 0.0248. The Hall–Kier alpha value is -3.13. The molecule has 4 rings (SSSR count). The molecule has 0 saturated heterocycles.